The van der Waals surface area contributed by atoms with E-state index in [4.69, 9.17) is 4.74 Å². The van der Waals surface area contributed by atoms with E-state index in [2.05, 4.69) is 0 Å². The van der Waals surface area contributed by atoms with Crippen molar-refractivity contribution < 1.29 is 14.3 Å². The maximum Gasteiger partial charge on any atom is 0.240 e. The summed E-state index contributed by atoms with van der Waals surface area (Å²) in [7, 11) is 0. The predicted molar refractivity (Wildman–Crippen MR) is 70.8 cm³/mol. The number of imide groups is 1. The molecule has 1 aromatic carbocycles. The zero-order valence-electron chi connectivity index (χ0n) is 11.0. The predicted octanol–water partition coefficient (Wildman–Crippen LogP) is 2.05. The highest BCUT2D eigenvalue weighted by Crippen LogP contribution is 2.33. The van der Waals surface area contributed by atoms with Crippen LogP contribution >= 0.6 is 0 Å². The molecule has 0 unspecified atom stereocenters. The van der Waals surface area contributed by atoms with Crippen molar-refractivity contribution in [2.75, 3.05) is 11.5 Å². The second-order valence-corrected chi connectivity index (χ2v) is 5.27. The molecule has 19 heavy (non-hydrogen) atoms. The molecule has 100 valence electrons. The van der Waals surface area contributed by atoms with E-state index < -0.39 is 0 Å². The number of rotatable bonds is 2. The highest BCUT2D eigenvalue weighted by Gasteiger charge is 2.44. The standard InChI is InChI=1S/C15H17NO3/c1-10-4-6-11(7-5-10)16-14(17)9-12(15(16)18)13-3-2-8-19-13/h4-7,12-13H,2-3,8-9H2,1H3/t12-,13-/m0/s1. The highest BCUT2D eigenvalue weighted by atomic mass is 16.5. The number of hydrogen-bond donors (Lipinski definition) is 0. The van der Waals surface area contributed by atoms with Crippen LogP contribution in [0.25, 0.3) is 0 Å². The summed E-state index contributed by atoms with van der Waals surface area (Å²) in [6.07, 6.45) is 2.06. The minimum atomic E-state index is -0.295. The Morgan fingerprint density at radius 2 is 1.95 bits per heavy atom. The summed E-state index contributed by atoms with van der Waals surface area (Å²) < 4.78 is 5.56. The lowest BCUT2D eigenvalue weighted by Crippen LogP contribution is -2.33. The van der Waals surface area contributed by atoms with Gasteiger partial charge in [0.25, 0.3) is 0 Å². The fraction of sp³-hybridized carbons (Fsp3) is 0.467. The molecular weight excluding hydrogens is 242 g/mol. The highest BCUT2D eigenvalue weighted by molar-refractivity contribution is 6.21. The second kappa shape index (κ2) is 4.78. The Labute approximate surface area is 112 Å². The van der Waals surface area contributed by atoms with E-state index in [0.717, 1.165) is 18.4 Å². The molecule has 2 aliphatic heterocycles. The van der Waals surface area contributed by atoms with Crippen molar-refractivity contribution in [2.24, 2.45) is 5.92 Å². The van der Waals surface area contributed by atoms with E-state index in [9.17, 15) is 9.59 Å². The summed E-state index contributed by atoms with van der Waals surface area (Å²) >= 11 is 0. The number of aryl methyl sites for hydroxylation is 1. The number of ether oxygens (including phenoxy) is 1. The first-order valence-corrected chi connectivity index (χ1v) is 6.72. The Morgan fingerprint density at radius 1 is 1.21 bits per heavy atom. The Bertz CT molecular complexity index is 503. The fourth-order valence-corrected chi connectivity index (χ4v) is 2.83. The third-order valence-corrected chi connectivity index (χ3v) is 3.89. The Hall–Kier alpha value is -1.68. The molecule has 2 aliphatic rings. The molecule has 0 aliphatic carbocycles. The van der Waals surface area contributed by atoms with Gasteiger partial charge >= 0.3 is 0 Å². The molecule has 2 atom stereocenters. The summed E-state index contributed by atoms with van der Waals surface area (Å²) in [4.78, 5) is 25.8. The van der Waals surface area contributed by atoms with Crippen molar-refractivity contribution in [3.63, 3.8) is 0 Å². The fourth-order valence-electron chi connectivity index (χ4n) is 2.83. The van der Waals surface area contributed by atoms with Crippen LogP contribution in [-0.4, -0.2) is 24.5 Å². The molecule has 2 fully saturated rings. The van der Waals surface area contributed by atoms with Gasteiger partial charge in [0, 0.05) is 13.0 Å². The number of carbonyl (C=O) groups excluding carboxylic acids is 2. The van der Waals surface area contributed by atoms with E-state index in [0.29, 0.717) is 12.3 Å². The summed E-state index contributed by atoms with van der Waals surface area (Å²) in [5, 5.41) is 0. The molecule has 0 aromatic heterocycles. The van der Waals surface area contributed by atoms with Crippen LogP contribution in [0.2, 0.25) is 0 Å². The van der Waals surface area contributed by atoms with Gasteiger partial charge in [0.1, 0.15) is 0 Å². The number of amides is 2. The monoisotopic (exact) mass is 259 g/mol. The van der Waals surface area contributed by atoms with Crippen molar-refractivity contribution in [2.45, 2.75) is 32.3 Å². The zero-order valence-corrected chi connectivity index (χ0v) is 11.0. The molecule has 0 radical (unpaired) electrons. The third-order valence-electron chi connectivity index (χ3n) is 3.89. The number of nitrogens with zero attached hydrogens (tertiary/aromatic N) is 1. The normalized spacial score (nSPS) is 27.3. The molecule has 0 bridgehead atoms. The average molecular weight is 259 g/mol. The van der Waals surface area contributed by atoms with E-state index in [1.165, 1.54) is 4.90 Å². The van der Waals surface area contributed by atoms with Gasteiger partial charge in [-0.05, 0) is 31.9 Å². The van der Waals surface area contributed by atoms with Crippen LogP contribution in [0.15, 0.2) is 24.3 Å². The molecule has 0 N–H and O–H groups in total. The van der Waals surface area contributed by atoms with Crippen molar-refractivity contribution in [1.82, 2.24) is 0 Å². The van der Waals surface area contributed by atoms with Gasteiger partial charge in [-0.25, -0.2) is 0 Å². The van der Waals surface area contributed by atoms with E-state index >= 15 is 0 Å². The van der Waals surface area contributed by atoms with Crippen LogP contribution in [0.4, 0.5) is 5.69 Å². The smallest absolute Gasteiger partial charge is 0.240 e. The lowest BCUT2D eigenvalue weighted by Gasteiger charge is -2.18. The van der Waals surface area contributed by atoms with Gasteiger partial charge in [-0.2, -0.15) is 0 Å². The van der Waals surface area contributed by atoms with Gasteiger partial charge in [0.2, 0.25) is 11.8 Å². The van der Waals surface area contributed by atoms with Crippen LogP contribution in [-0.2, 0) is 14.3 Å². The molecule has 0 saturated carbocycles. The summed E-state index contributed by atoms with van der Waals surface area (Å²) in [5.41, 5.74) is 1.78. The SMILES string of the molecule is Cc1ccc(N2C(=O)C[C@@H]([C@@H]3CCCO3)C2=O)cc1. The molecule has 4 heteroatoms. The minimum Gasteiger partial charge on any atom is -0.377 e. The molecule has 2 saturated heterocycles. The van der Waals surface area contributed by atoms with Crippen LogP contribution in [0.1, 0.15) is 24.8 Å². The summed E-state index contributed by atoms with van der Waals surface area (Å²) in [6, 6.07) is 7.47. The van der Waals surface area contributed by atoms with Crippen LogP contribution < -0.4 is 4.90 Å². The number of carbonyl (C=O) groups is 2. The number of benzene rings is 1. The van der Waals surface area contributed by atoms with E-state index in [1.807, 2.05) is 31.2 Å². The van der Waals surface area contributed by atoms with Crippen LogP contribution in [0.3, 0.4) is 0 Å². The number of anilines is 1. The lowest BCUT2D eigenvalue weighted by atomic mass is 9.98. The molecular formula is C15H17NO3. The number of hydrogen-bond acceptors (Lipinski definition) is 3. The van der Waals surface area contributed by atoms with Gasteiger partial charge in [0.05, 0.1) is 17.7 Å². The first kappa shape index (κ1) is 12.4. The molecule has 4 nitrogen and oxygen atoms in total. The lowest BCUT2D eigenvalue weighted by molar-refractivity contribution is -0.124. The molecule has 3 rings (SSSR count). The first-order valence-electron chi connectivity index (χ1n) is 6.72. The topological polar surface area (TPSA) is 46.6 Å². The summed E-state index contributed by atoms with van der Waals surface area (Å²) in [5.74, 6) is -0.522. The Balaban J connectivity index is 1.84. The zero-order chi connectivity index (χ0) is 13.4. The molecule has 2 amide bonds. The maximum atomic E-state index is 12.4. The minimum absolute atomic E-state index is 0.0769. The Morgan fingerprint density at radius 3 is 2.58 bits per heavy atom. The largest absolute Gasteiger partial charge is 0.377 e. The van der Waals surface area contributed by atoms with Crippen LogP contribution in [0.5, 0.6) is 0 Å². The Kier molecular flexibility index (Phi) is 3.11. The van der Waals surface area contributed by atoms with Gasteiger partial charge < -0.3 is 4.74 Å². The van der Waals surface area contributed by atoms with Crippen molar-refractivity contribution in [3.05, 3.63) is 29.8 Å². The van der Waals surface area contributed by atoms with Gasteiger partial charge in [-0.3, -0.25) is 14.5 Å². The molecule has 2 heterocycles. The quantitative estimate of drug-likeness (QED) is 0.764. The molecule has 0 spiro atoms. The van der Waals surface area contributed by atoms with Gasteiger partial charge in [0.15, 0.2) is 0 Å². The van der Waals surface area contributed by atoms with Gasteiger partial charge in [-0.1, -0.05) is 17.7 Å². The van der Waals surface area contributed by atoms with Crippen molar-refractivity contribution in [1.29, 1.82) is 0 Å². The second-order valence-electron chi connectivity index (χ2n) is 5.27. The average Bonchev–Trinajstić information content (AvgIpc) is 3.00. The molecule has 1 aromatic rings. The van der Waals surface area contributed by atoms with Crippen molar-refractivity contribution >= 4 is 17.5 Å². The van der Waals surface area contributed by atoms with E-state index in [-0.39, 0.29) is 30.3 Å². The first-order chi connectivity index (χ1) is 9.16. The van der Waals surface area contributed by atoms with Crippen molar-refractivity contribution in [3.8, 4) is 0 Å². The van der Waals surface area contributed by atoms with E-state index in [1.54, 1.807) is 0 Å². The summed E-state index contributed by atoms with van der Waals surface area (Å²) in [6.45, 7) is 2.68. The maximum absolute atomic E-state index is 12.4. The van der Waals surface area contributed by atoms with Crippen LogP contribution in [0, 0.1) is 12.8 Å². The van der Waals surface area contributed by atoms with Gasteiger partial charge in [-0.15, -0.1) is 0 Å². The third kappa shape index (κ3) is 2.16.